The molecule has 1 aromatic heterocycles. The highest BCUT2D eigenvalue weighted by Crippen LogP contribution is 2.25. The van der Waals surface area contributed by atoms with Gasteiger partial charge in [-0.2, -0.15) is 0 Å². The predicted octanol–water partition coefficient (Wildman–Crippen LogP) is 5.53. The van der Waals surface area contributed by atoms with Crippen LogP contribution in [-0.4, -0.2) is 19.2 Å². The van der Waals surface area contributed by atoms with Crippen LogP contribution in [0.4, 0.5) is 0 Å². The van der Waals surface area contributed by atoms with Crippen LogP contribution in [0.3, 0.4) is 0 Å². The molecule has 134 valence electrons. The Morgan fingerprint density at radius 3 is 2.35 bits per heavy atom. The Kier molecular flexibility index (Phi) is 5.68. The van der Waals surface area contributed by atoms with Gasteiger partial charge in [0.1, 0.15) is 12.4 Å². The molecular formula is C23H25NOS. The van der Waals surface area contributed by atoms with E-state index in [2.05, 4.69) is 71.4 Å². The second kappa shape index (κ2) is 8.52. The lowest BCUT2D eigenvalue weighted by atomic mass is 10.0. The Morgan fingerprint density at radius 1 is 0.923 bits per heavy atom. The van der Waals surface area contributed by atoms with Crippen LogP contribution in [0.2, 0.25) is 0 Å². The topological polar surface area (TPSA) is 21.3 Å². The van der Waals surface area contributed by atoms with Crippen LogP contribution in [0, 0.1) is 0 Å². The molecular weight excluding hydrogens is 338 g/mol. The third kappa shape index (κ3) is 4.54. The molecule has 3 heteroatoms. The summed E-state index contributed by atoms with van der Waals surface area (Å²) >= 11 is 1.78. The van der Waals surface area contributed by atoms with Crippen molar-refractivity contribution in [1.82, 2.24) is 5.32 Å². The maximum atomic E-state index is 5.95. The summed E-state index contributed by atoms with van der Waals surface area (Å²) < 4.78 is 5.95. The van der Waals surface area contributed by atoms with Crippen LogP contribution in [0.25, 0.3) is 10.4 Å². The number of ether oxygens (including phenoxy) is 1. The fraction of sp³-hybridized carbons (Fsp3) is 0.304. The first kappa shape index (κ1) is 17.3. The van der Waals surface area contributed by atoms with Crippen molar-refractivity contribution in [3.05, 3.63) is 77.2 Å². The van der Waals surface area contributed by atoms with Gasteiger partial charge in [-0.1, -0.05) is 48.9 Å². The number of rotatable bonds is 6. The molecule has 2 nitrogen and oxygen atoms in total. The van der Waals surface area contributed by atoms with E-state index in [9.17, 15) is 0 Å². The predicted molar refractivity (Wildman–Crippen MR) is 110 cm³/mol. The number of hydrogen-bond donors (Lipinski definition) is 1. The normalized spacial score (nSPS) is 17.2. The fourth-order valence-corrected chi connectivity index (χ4v) is 4.17. The molecule has 26 heavy (non-hydrogen) atoms. The molecule has 2 aromatic carbocycles. The lowest BCUT2D eigenvalue weighted by molar-refractivity contribution is 0.239. The van der Waals surface area contributed by atoms with Crippen molar-refractivity contribution >= 4 is 11.3 Å². The van der Waals surface area contributed by atoms with Crippen molar-refractivity contribution < 1.29 is 4.74 Å². The van der Waals surface area contributed by atoms with Crippen LogP contribution in [0.1, 0.15) is 30.4 Å². The molecule has 0 aliphatic carbocycles. The smallest absolute Gasteiger partial charge is 0.119 e. The molecule has 1 N–H and O–H groups in total. The number of piperidine rings is 1. The summed E-state index contributed by atoms with van der Waals surface area (Å²) in [6.07, 6.45) is 4.78. The SMILES string of the molecule is c1csc(-c2ccc(Cc3ccc(OC[C@H]4CCCCN4)cc3)cc2)c1. The first-order valence-electron chi connectivity index (χ1n) is 9.45. The van der Waals surface area contributed by atoms with E-state index in [-0.39, 0.29) is 0 Å². The van der Waals surface area contributed by atoms with Gasteiger partial charge in [0.05, 0.1) is 0 Å². The number of benzene rings is 2. The summed E-state index contributed by atoms with van der Waals surface area (Å²) in [5.74, 6) is 0.967. The molecule has 1 aliphatic heterocycles. The molecule has 1 aliphatic rings. The van der Waals surface area contributed by atoms with E-state index in [1.54, 1.807) is 11.3 Å². The van der Waals surface area contributed by atoms with E-state index in [0.717, 1.165) is 25.3 Å². The third-order valence-electron chi connectivity index (χ3n) is 4.95. The molecule has 0 spiro atoms. The fourth-order valence-electron chi connectivity index (χ4n) is 3.43. The van der Waals surface area contributed by atoms with Gasteiger partial charge in [0.15, 0.2) is 0 Å². The van der Waals surface area contributed by atoms with Gasteiger partial charge in [-0.25, -0.2) is 0 Å². The van der Waals surface area contributed by atoms with E-state index in [1.165, 1.54) is 40.8 Å². The molecule has 0 radical (unpaired) electrons. The van der Waals surface area contributed by atoms with E-state index < -0.39 is 0 Å². The van der Waals surface area contributed by atoms with Crippen LogP contribution >= 0.6 is 11.3 Å². The molecule has 0 saturated carbocycles. The Labute approximate surface area is 159 Å². The Balaban J connectivity index is 1.32. The van der Waals surface area contributed by atoms with Gasteiger partial charge < -0.3 is 10.1 Å². The molecule has 0 unspecified atom stereocenters. The second-order valence-electron chi connectivity index (χ2n) is 6.95. The highest BCUT2D eigenvalue weighted by atomic mass is 32.1. The first-order valence-corrected chi connectivity index (χ1v) is 10.3. The second-order valence-corrected chi connectivity index (χ2v) is 7.90. The van der Waals surface area contributed by atoms with Crippen LogP contribution < -0.4 is 10.1 Å². The van der Waals surface area contributed by atoms with Gasteiger partial charge in [0.25, 0.3) is 0 Å². The van der Waals surface area contributed by atoms with Crippen molar-refractivity contribution in [3.8, 4) is 16.2 Å². The van der Waals surface area contributed by atoms with Gasteiger partial charge in [-0.05, 0) is 66.1 Å². The molecule has 1 saturated heterocycles. The van der Waals surface area contributed by atoms with Gasteiger partial charge in [0.2, 0.25) is 0 Å². The number of thiophene rings is 1. The molecule has 0 bridgehead atoms. The standard InChI is InChI=1S/C23H25NOS/c1-2-14-24-21(4-1)17-25-22-12-8-19(9-13-22)16-18-6-10-20(11-7-18)23-5-3-15-26-23/h3,5-13,15,21,24H,1-2,4,14,16-17H2/t21-/m1/s1. The van der Waals surface area contributed by atoms with Gasteiger partial charge in [0, 0.05) is 10.9 Å². The van der Waals surface area contributed by atoms with E-state index in [0.29, 0.717) is 6.04 Å². The Hall–Kier alpha value is -2.10. The molecule has 1 atom stereocenters. The maximum absolute atomic E-state index is 5.95. The number of nitrogens with one attached hydrogen (secondary N) is 1. The van der Waals surface area contributed by atoms with Crippen LogP contribution in [0.15, 0.2) is 66.0 Å². The van der Waals surface area contributed by atoms with Crippen molar-refractivity contribution in [2.24, 2.45) is 0 Å². The summed E-state index contributed by atoms with van der Waals surface area (Å²) in [6.45, 7) is 1.89. The zero-order valence-corrected chi connectivity index (χ0v) is 15.8. The van der Waals surface area contributed by atoms with E-state index in [1.807, 2.05) is 0 Å². The summed E-state index contributed by atoms with van der Waals surface area (Å²) in [5, 5.41) is 5.65. The number of hydrogen-bond acceptors (Lipinski definition) is 3. The van der Waals surface area contributed by atoms with Crippen LogP contribution in [0.5, 0.6) is 5.75 Å². The molecule has 4 rings (SSSR count). The van der Waals surface area contributed by atoms with Crippen molar-refractivity contribution in [2.75, 3.05) is 13.2 Å². The Morgan fingerprint density at radius 2 is 1.69 bits per heavy atom. The largest absolute Gasteiger partial charge is 0.492 e. The molecule has 0 amide bonds. The zero-order chi connectivity index (χ0) is 17.6. The van der Waals surface area contributed by atoms with Crippen LogP contribution in [-0.2, 0) is 6.42 Å². The first-order chi connectivity index (χ1) is 12.9. The molecule has 2 heterocycles. The van der Waals surface area contributed by atoms with E-state index in [4.69, 9.17) is 4.74 Å². The molecule has 3 aromatic rings. The van der Waals surface area contributed by atoms with Crippen molar-refractivity contribution in [2.45, 2.75) is 31.7 Å². The maximum Gasteiger partial charge on any atom is 0.119 e. The van der Waals surface area contributed by atoms with Crippen molar-refractivity contribution in [1.29, 1.82) is 0 Å². The lowest BCUT2D eigenvalue weighted by Gasteiger charge is -2.23. The van der Waals surface area contributed by atoms with Gasteiger partial charge in [-0.3, -0.25) is 0 Å². The van der Waals surface area contributed by atoms with E-state index >= 15 is 0 Å². The zero-order valence-electron chi connectivity index (χ0n) is 15.0. The lowest BCUT2D eigenvalue weighted by Crippen LogP contribution is -2.38. The molecule has 1 fully saturated rings. The van der Waals surface area contributed by atoms with Gasteiger partial charge in [-0.15, -0.1) is 11.3 Å². The summed E-state index contributed by atoms with van der Waals surface area (Å²) in [5.41, 5.74) is 3.95. The third-order valence-corrected chi connectivity index (χ3v) is 5.87. The minimum Gasteiger partial charge on any atom is -0.492 e. The minimum absolute atomic E-state index is 0.505. The highest BCUT2D eigenvalue weighted by molar-refractivity contribution is 7.13. The summed E-state index contributed by atoms with van der Waals surface area (Å²) in [6, 6.07) is 22.2. The minimum atomic E-state index is 0.505. The van der Waals surface area contributed by atoms with Gasteiger partial charge >= 0.3 is 0 Å². The quantitative estimate of drug-likeness (QED) is 0.622. The average molecular weight is 364 g/mol. The van der Waals surface area contributed by atoms with Crippen molar-refractivity contribution in [3.63, 3.8) is 0 Å². The Bertz CT molecular complexity index is 787. The average Bonchev–Trinajstić information content (AvgIpc) is 3.24. The summed E-state index contributed by atoms with van der Waals surface area (Å²) in [4.78, 5) is 1.32. The summed E-state index contributed by atoms with van der Waals surface area (Å²) in [7, 11) is 0. The monoisotopic (exact) mass is 363 g/mol. The highest BCUT2D eigenvalue weighted by Gasteiger charge is 2.12.